The average molecular weight is 357 g/mol. The second-order valence-corrected chi connectivity index (χ2v) is 7.47. The summed E-state index contributed by atoms with van der Waals surface area (Å²) in [6.07, 6.45) is 4.93. The van der Waals surface area contributed by atoms with Crippen molar-refractivity contribution in [2.45, 2.75) is 58.5 Å². The minimum Gasteiger partial charge on any atom is -0.370 e. The lowest BCUT2D eigenvalue weighted by Gasteiger charge is -2.38. The molecule has 0 aromatic carbocycles. The van der Waals surface area contributed by atoms with Crippen molar-refractivity contribution in [3.05, 3.63) is 26.3 Å². The Balaban J connectivity index is 2.46. The van der Waals surface area contributed by atoms with Gasteiger partial charge in [-0.05, 0) is 53.4 Å². The molecular weight excluding hydrogens is 332 g/mol. The number of H-pyrrole nitrogens is 1. The first-order chi connectivity index (χ1) is 9.88. The van der Waals surface area contributed by atoms with E-state index in [4.69, 9.17) is 9.72 Å². The van der Waals surface area contributed by atoms with Crippen LogP contribution in [0.25, 0.3) is 0 Å². The van der Waals surface area contributed by atoms with Crippen molar-refractivity contribution in [1.82, 2.24) is 9.97 Å². The van der Waals surface area contributed by atoms with Crippen LogP contribution in [0.15, 0.2) is 9.27 Å². The number of nitrogens with one attached hydrogen (secondary N) is 1. The summed E-state index contributed by atoms with van der Waals surface area (Å²) in [4.78, 5) is 19.9. The van der Waals surface area contributed by atoms with Gasteiger partial charge in [-0.15, -0.1) is 0 Å². The van der Waals surface area contributed by atoms with Gasteiger partial charge in [0.25, 0.3) is 5.56 Å². The summed E-state index contributed by atoms with van der Waals surface area (Å²) in [6.45, 7) is 6.49. The van der Waals surface area contributed by atoms with E-state index >= 15 is 0 Å². The van der Waals surface area contributed by atoms with Crippen LogP contribution in [-0.4, -0.2) is 17.1 Å². The van der Waals surface area contributed by atoms with E-state index in [1.165, 1.54) is 6.42 Å². The fraction of sp³-hybridized carbons (Fsp3) is 0.750. The lowest BCUT2D eigenvalue weighted by atomic mass is 9.78. The molecule has 2 rings (SSSR count). The van der Waals surface area contributed by atoms with Gasteiger partial charge < -0.3 is 9.72 Å². The number of hydrogen-bond acceptors (Lipinski definition) is 3. The maximum Gasteiger partial charge on any atom is 0.265 e. The molecule has 0 saturated heterocycles. The van der Waals surface area contributed by atoms with E-state index in [-0.39, 0.29) is 5.56 Å². The Kier molecular flexibility index (Phi) is 5.25. The second kappa shape index (κ2) is 6.61. The zero-order valence-corrected chi connectivity index (χ0v) is 14.9. The third-order valence-electron chi connectivity index (χ3n) is 4.31. The van der Waals surface area contributed by atoms with E-state index in [1.54, 1.807) is 7.11 Å². The van der Waals surface area contributed by atoms with Gasteiger partial charge in [0.1, 0.15) is 15.9 Å². The van der Waals surface area contributed by atoms with Crippen molar-refractivity contribution in [1.29, 1.82) is 0 Å². The molecule has 2 atom stereocenters. The van der Waals surface area contributed by atoms with Crippen molar-refractivity contribution in [3.63, 3.8) is 0 Å². The number of nitrogens with zero attached hydrogens (tertiary/aromatic N) is 1. The quantitative estimate of drug-likeness (QED) is 0.892. The van der Waals surface area contributed by atoms with E-state index in [0.717, 1.165) is 31.4 Å². The van der Waals surface area contributed by atoms with Gasteiger partial charge in [-0.2, -0.15) is 0 Å². The Labute approximate surface area is 134 Å². The maximum atomic E-state index is 12.2. The molecule has 1 aromatic rings. The minimum atomic E-state index is -0.441. The first-order valence-corrected chi connectivity index (χ1v) is 8.51. The molecule has 4 nitrogen and oxygen atoms in total. The molecule has 0 aliphatic heterocycles. The standard InChI is InChI=1S/C16H25BrN2O2/c1-10(2)8-12-13(17)14(20)19-15(18-12)16(21-4)7-5-6-11(3)9-16/h10-11H,5-9H2,1-4H3,(H,18,19,20). The molecule has 1 aromatic heterocycles. The number of ether oxygens (including phenoxy) is 1. The first-order valence-electron chi connectivity index (χ1n) is 7.72. The normalized spacial score (nSPS) is 26.3. The van der Waals surface area contributed by atoms with Crippen LogP contribution < -0.4 is 5.56 Å². The largest absolute Gasteiger partial charge is 0.370 e. The highest BCUT2D eigenvalue weighted by molar-refractivity contribution is 9.10. The van der Waals surface area contributed by atoms with E-state index in [9.17, 15) is 4.79 Å². The Morgan fingerprint density at radius 2 is 2.24 bits per heavy atom. The van der Waals surface area contributed by atoms with Crippen LogP contribution in [0.3, 0.4) is 0 Å². The molecule has 2 unspecified atom stereocenters. The number of hydrogen-bond donors (Lipinski definition) is 1. The summed E-state index contributed by atoms with van der Waals surface area (Å²) in [5.74, 6) is 1.73. The van der Waals surface area contributed by atoms with Gasteiger partial charge in [-0.3, -0.25) is 4.79 Å². The summed E-state index contributed by atoms with van der Waals surface area (Å²) in [5.41, 5.74) is 0.284. The fourth-order valence-corrected chi connectivity index (χ4v) is 3.59. The third kappa shape index (κ3) is 3.57. The monoisotopic (exact) mass is 356 g/mol. The SMILES string of the molecule is COC1(c2nc(CC(C)C)c(Br)c(=O)[nH]2)CCCC(C)C1. The molecule has 1 heterocycles. The van der Waals surface area contributed by atoms with Gasteiger partial charge in [0, 0.05) is 7.11 Å². The zero-order chi connectivity index (χ0) is 15.6. The van der Waals surface area contributed by atoms with Gasteiger partial charge in [0.05, 0.1) is 5.69 Å². The molecule has 5 heteroatoms. The van der Waals surface area contributed by atoms with E-state index in [2.05, 4.69) is 41.7 Å². The van der Waals surface area contributed by atoms with Crippen LogP contribution in [0.1, 0.15) is 58.0 Å². The summed E-state index contributed by atoms with van der Waals surface area (Å²) in [7, 11) is 1.72. The molecule has 1 N–H and O–H groups in total. The summed E-state index contributed by atoms with van der Waals surface area (Å²) in [6, 6.07) is 0. The number of halogens is 1. The molecule has 0 amide bonds. The predicted octanol–water partition coefficient (Wildman–Crippen LogP) is 3.78. The van der Waals surface area contributed by atoms with Gasteiger partial charge >= 0.3 is 0 Å². The van der Waals surface area contributed by atoms with Crippen molar-refractivity contribution < 1.29 is 4.74 Å². The van der Waals surface area contributed by atoms with E-state index in [1.807, 2.05) is 0 Å². The minimum absolute atomic E-state index is 0.106. The average Bonchev–Trinajstić information content (AvgIpc) is 2.43. The molecule has 0 radical (unpaired) electrons. The highest BCUT2D eigenvalue weighted by Crippen LogP contribution is 2.41. The van der Waals surface area contributed by atoms with Crippen LogP contribution in [0, 0.1) is 11.8 Å². The van der Waals surface area contributed by atoms with Crippen LogP contribution in [0.4, 0.5) is 0 Å². The molecule has 118 valence electrons. The van der Waals surface area contributed by atoms with Crippen molar-refractivity contribution in [2.24, 2.45) is 11.8 Å². The highest BCUT2D eigenvalue weighted by Gasteiger charge is 2.39. The smallest absolute Gasteiger partial charge is 0.265 e. The number of methoxy groups -OCH3 is 1. The lowest BCUT2D eigenvalue weighted by Crippen LogP contribution is -2.38. The van der Waals surface area contributed by atoms with Gasteiger partial charge in [-0.25, -0.2) is 4.98 Å². The van der Waals surface area contributed by atoms with Gasteiger partial charge in [0.15, 0.2) is 0 Å². The summed E-state index contributed by atoms with van der Waals surface area (Å²) >= 11 is 3.37. The van der Waals surface area contributed by atoms with Crippen molar-refractivity contribution in [2.75, 3.05) is 7.11 Å². The Bertz CT molecular complexity index is 556. The molecule has 0 bridgehead atoms. The van der Waals surface area contributed by atoms with E-state index in [0.29, 0.717) is 22.1 Å². The van der Waals surface area contributed by atoms with E-state index < -0.39 is 5.60 Å². The fourth-order valence-electron chi connectivity index (χ4n) is 3.24. The molecular formula is C16H25BrN2O2. The van der Waals surface area contributed by atoms with Crippen LogP contribution in [0.5, 0.6) is 0 Å². The highest BCUT2D eigenvalue weighted by atomic mass is 79.9. The molecule has 1 fully saturated rings. The van der Waals surface area contributed by atoms with Crippen LogP contribution in [-0.2, 0) is 16.8 Å². The summed E-state index contributed by atoms with van der Waals surface area (Å²) < 4.78 is 6.39. The number of aromatic amines is 1. The molecule has 21 heavy (non-hydrogen) atoms. The molecule has 1 aliphatic rings. The predicted molar refractivity (Wildman–Crippen MR) is 87.4 cm³/mol. The first kappa shape index (κ1) is 16.7. The summed E-state index contributed by atoms with van der Waals surface area (Å²) in [5, 5.41) is 0. The lowest BCUT2D eigenvalue weighted by molar-refractivity contribution is -0.0649. The number of aromatic nitrogens is 2. The van der Waals surface area contributed by atoms with Crippen molar-refractivity contribution in [3.8, 4) is 0 Å². The Morgan fingerprint density at radius 1 is 1.52 bits per heavy atom. The maximum absolute atomic E-state index is 12.2. The van der Waals surface area contributed by atoms with Gasteiger partial charge in [-0.1, -0.05) is 27.2 Å². The van der Waals surface area contributed by atoms with Crippen LogP contribution in [0.2, 0.25) is 0 Å². The molecule has 1 saturated carbocycles. The van der Waals surface area contributed by atoms with Gasteiger partial charge in [0.2, 0.25) is 0 Å². The topological polar surface area (TPSA) is 55.0 Å². The third-order valence-corrected chi connectivity index (χ3v) is 5.13. The molecule has 1 aliphatic carbocycles. The van der Waals surface area contributed by atoms with Crippen molar-refractivity contribution >= 4 is 15.9 Å². The van der Waals surface area contributed by atoms with Crippen LogP contribution >= 0.6 is 15.9 Å². The molecule has 0 spiro atoms. The zero-order valence-electron chi connectivity index (χ0n) is 13.3. The second-order valence-electron chi connectivity index (χ2n) is 6.67. The number of rotatable bonds is 4. The Morgan fingerprint density at radius 3 is 2.81 bits per heavy atom. The Hall–Kier alpha value is -0.680.